The predicted molar refractivity (Wildman–Crippen MR) is 87.8 cm³/mol. The lowest BCUT2D eigenvalue weighted by Gasteiger charge is -2.24. The van der Waals surface area contributed by atoms with Gasteiger partial charge >= 0.3 is 0 Å². The molecule has 0 aliphatic carbocycles. The van der Waals surface area contributed by atoms with Crippen LogP contribution in [0, 0.1) is 12.7 Å². The molecule has 2 rings (SSSR count). The number of rotatable bonds is 4. The van der Waals surface area contributed by atoms with Gasteiger partial charge in [0.05, 0.1) is 6.04 Å². The van der Waals surface area contributed by atoms with Crippen LogP contribution < -0.4 is 0 Å². The van der Waals surface area contributed by atoms with Crippen LogP contribution >= 0.6 is 0 Å². The zero-order chi connectivity index (χ0) is 16.1. The molecule has 1 amide bonds. The van der Waals surface area contributed by atoms with Crippen molar-refractivity contribution >= 4 is 12.0 Å². The Morgan fingerprint density at radius 1 is 1.14 bits per heavy atom. The van der Waals surface area contributed by atoms with E-state index >= 15 is 0 Å². The third-order valence-corrected chi connectivity index (χ3v) is 3.78. The van der Waals surface area contributed by atoms with Gasteiger partial charge in [0.15, 0.2) is 0 Å². The minimum Gasteiger partial charge on any atom is -0.335 e. The van der Waals surface area contributed by atoms with Crippen molar-refractivity contribution in [1.29, 1.82) is 0 Å². The minimum absolute atomic E-state index is 0.156. The molecule has 0 aromatic heterocycles. The SMILES string of the molecule is Cc1ccc(/C=C/C(=O)N(C)C(C)c2ccccc2F)cc1. The van der Waals surface area contributed by atoms with Crippen LogP contribution in [0.5, 0.6) is 0 Å². The van der Waals surface area contributed by atoms with E-state index in [1.54, 1.807) is 31.3 Å². The quantitative estimate of drug-likeness (QED) is 0.768. The molecule has 22 heavy (non-hydrogen) atoms. The molecule has 3 heteroatoms. The Labute approximate surface area is 130 Å². The minimum atomic E-state index is -0.323. The van der Waals surface area contributed by atoms with Crippen LogP contribution in [0.1, 0.15) is 29.7 Å². The van der Waals surface area contributed by atoms with Crippen molar-refractivity contribution in [3.8, 4) is 0 Å². The number of hydrogen-bond donors (Lipinski definition) is 0. The highest BCUT2D eigenvalue weighted by Crippen LogP contribution is 2.21. The number of nitrogens with zero attached hydrogens (tertiary/aromatic N) is 1. The Bertz CT molecular complexity index is 676. The van der Waals surface area contributed by atoms with E-state index in [0.717, 1.165) is 5.56 Å². The van der Waals surface area contributed by atoms with E-state index in [2.05, 4.69) is 0 Å². The van der Waals surface area contributed by atoms with Gasteiger partial charge in [-0.2, -0.15) is 0 Å². The van der Waals surface area contributed by atoms with Crippen molar-refractivity contribution in [3.05, 3.63) is 77.1 Å². The van der Waals surface area contributed by atoms with Crippen LogP contribution in [0.2, 0.25) is 0 Å². The van der Waals surface area contributed by atoms with Crippen LogP contribution in [-0.2, 0) is 4.79 Å². The molecular weight excluding hydrogens is 277 g/mol. The fraction of sp³-hybridized carbons (Fsp3) is 0.211. The third kappa shape index (κ3) is 3.82. The molecule has 2 aromatic carbocycles. The molecule has 0 aliphatic rings. The molecule has 0 aliphatic heterocycles. The fourth-order valence-electron chi connectivity index (χ4n) is 2.18. The van der Waals surface area contributed by atoms with Crippen molar-refractivity contribution in [2.75, 3.05) is 7.05 Å². The number of carbonyl (C=O) groups excluding carboxylic acids is 1. The normalized spacial score (nSPS) is 12.4. The molecule has 1 atom stereocenters. The second kappa shape index (κ2) is 7.03. The van der Waals surface area contributed by atoms with E-state index in [0.29, 0.717) is 5.56 Å². The zero-order valence-corrected chi connectivity index (χ0v) is 13.1. The van der Waals surface area contributed by atoms with E-state index in [4.69, 9.17) is 0 Å². The highest BCUT2D eigenvalue weighted by molar-refractivity contribution is 5.91. The van der Waals surface area contributed by atoms with Gasteiger partial charge in [0.1, 0.15) is 5.82 Å². The van der Waals surface area contributed by atoms with Crippen molar-refractivity contribution in [2.24, 2.45) is 0 Å². The maximum atomic E-state index is 13.8. The van der Waals surface area contributed by atoms with Gasteiger partial charge in [0, 0.05) is 18.7 Å². The topological polar surface area (TPSA) is 20.3 Å². The van der Waals surface area contributed by atoms with Crippen LogP contribution in [-0.4, -0.2) is 17.9 Å². The highest BCUT2D eigenvalue weighted by atomic mass is 19.1. The Hall–Kier alpha value is -2.42. The molecule has 0 radical (unpaired) electrons. The van der Waals surface area contributed by atoms with Gasteiger partial charge in [-0.15, -0.1) is 0 Å². The highest BCUT2D eigenvalue weighted by Gasteiger charge is 2.18. The van der Waals surface area contributed by atoms with Crippen molar-refractivity contribution in [3.63, 3.8) is 0 Å². The Kier molecular flexibility index (Phi) is 5.10. The summed E-state index contributed by atoms with van der Waals surface area (Å²) in [5.74, 6) is -0.450. The van der Waals surface area contributed by atoms with Gasteiger partial charge in [0.2, 0.25) is 5.91 Å². The van der Waals surface area contributed by atoms with Crippen molar-refractivity contribution in [1.82, 2.24) is 4.90 Å². The molecule has 1 unspecified atom stereocenters. The Morgan fingerprint density at radius 3 is 2.41 bits per heavy atom. The molecule has 2 aromatic rings. The summed E-state index contributed by atoms with van der Waals surface area (Å²) in [6.45, 7) is 3.83. The van der Waals surface area contributed by atoms with E-state index in [9.17, 15) is 9.18 Å². The summed E-state index contributed by atoms with van der Waals surface area (Å²) in [4.78, 5) is 13.8. The van der Waals surface area contributed by atoms with Crippen LogP contribution in [0.15, 0.2) is 54.6 Å². The first kappa shape index (κ1) is 16.0. The second-order valence-electron chi connectivity index (χ2n) is 5.39. The standard InChI is InChI=1S/C19H20FNO/c1-14-8-10-16(11-9-14)12-13-19(22)21(3)15(2)17-6-4-5-7-18(17)20/h4-13,15H,1-3H3/b13-12+. The third-order valence-electron chi connectivity index (χ3n) is 3.78. The average Bonchev–Trinajstić information content (AvgIpc) is 2.53. The smallest absolute Gasteiger partial charge is 0.246 e. The summed E-state index contributed by atoms with van der Waals surface area (Å²) in [6, 6.07) is 14.1. The van der Waals surface area contributed by atoms with E-state index in [1.165, 1.54) is 22.6 Å². The van der Waals surface area contributed by atoms with Gasteiger partial charge in [-0.25, -0.2) is 4.39 Å². The summed E-state index contributed by atoms with van der Waals surface area (Å²) in [5.41, 5.74) is 2.65. The van der Waals surface area contributed by atoms with Crippen molar-refractivity contribution < 1.29 is 9.18 Å². The molecular formula is C19H20FNO. The van der Waals surface area contributed by atoms with Gasteiger partial charge in [0.25, 0.3) is 0 Å². The Balaban J connectivity index is 2.08. The van der Waals surface area contributed by atoms with Gasteiger partial charge in [-0.05, 0) is 31.6 Å². The van der Waals surface area contributed by atoms with E-state index in [1.807, 2.05) is 38.1 Å². The molecule has 0 fully saturated rings. The van der Waals surface area contributed by atoms with E-state index in [-0.39, 0.29) is 17.8 Å². The zero-order valence-electron chi connectivity index (χ0n) is 13.1. The van der Waals surface area contributed by atoms with Crippen LogP contribution in [0.4, 0.5) is 4.39 Å². The molecule has 2 nitrogen and oxygen atoms in total. The first-order valence-corrected chi connectivity index (χ1v) is 7.25. The summed E-state index contributed by atoms with van der Waals surface area (Å²) in [7, 11) is 1.68. The molecule has 0 heterocycles. The van der Waals surface area contributed by atoms with Gasteiger partial charge < -0.3 is 4.90 Å². The summed E-state index contributed by atoms with van der Waals surface area (Å²) in [5, 5.41) is 0. The first-order valence-electron chi connectivity index (χ1n) is 7.25. The Morgan fingerprint density at radius 2 is 1.77 bits per heavy atom. The van der Waals surface area contributed by atoms with Crippen LogP contribution in [0.25, 0.3) is 6.08 Å². The lowest BCUT2D eigenvalue weighted by molar-refractivity contribution is -0.126. The molecule has 0 saturated carbocycles. The molecule has 0 N–H and O–H groups in total. The number of carbonyl (C=O) groups is 1. The summed E-state index contributed by atoms with van der Waals surface area (Å²) < 4.78 is 13.8. The van der Waals surface area contributed by atoms with Crippen LogP contribution in [0.3, 0.4) is 0 Å². The van der Waals surface area contributed by atoms with E-state index < -0.39 is 0 Å². The number of halogens is 1. The number of benzene rings is 2. The maximum absolute atomic E-state index is 13.8. The number of amides is 1. The molecule has 0 spiro atoms. The maximum Gasteiger partial charge on any atom is 0.246 e. The lowest BCUT2D eigenvalue weighted by Crippen LogP contribution is -2.28. The monoisotopic (exact) mass is 297 g/mol. The first-order chi connectivity index (χ1) is 10.5. The average molecular weight is 297 g/mol. The lowest BCUT2D eigenvalue weighted by atomic mass is 10.1. The molecule has 0 saturated heterocycles. The van der Waals surface area contributed by atoms with Gasteiger partial charge in [-0.3, -0.25) is 4.79 Å². The second-order valence-corrected chi connectivity index (χ2v) is 5.39. The number of likely N-dealkylation sites (N-methyl/N-ethyl adjacent to an activating group) is 1. The fourth-order valence-corrected chi connectivity index (χ4v) is 2.18. The molecule has 114 valence electrons. The summed E-state index contributed by atoms with van der Waals surface area (Å²) >= 11 is 0. The summed E-state index contributed by atoms with van der Waals surface area (Å²) in [6.07, 6.45) is 3.29. The number of hydrogen-bond acceptors (Lipinski definition) is 1. The van der Waals surface area contributed by atoms with Crippen molar-refractivity contribution in [2.45, 2.75) is 19.9 Å². The predicted octanol–water partition coefficient (Wildman–Crippen LogP) is 4.37. The largest absolute Gasteiger partial charge is 0.335 e. The van der Waals surface area contributed by atoms with Gasteiger partial charge in [-0.1, -0.05) is 48.0 Å². The molecule has 0 bridgehead atoms. The number of aryl methyl sites for hydroxylation is 1.